The van der Waals surface area contributed by atoms with E-state index in [0.717, 1.165) is 4.90 Å². The fourth-order valence-corrected chi connectivity index (χ4v) is 3.58. The average molecular weight is 457 g/mol. The van der Waals surface area contributed by atoms with Gasteiger partial charge >= 0.3 is 0 Å². The molecular weight excluding hydrogens is 436 g/mol. The van der Waals surface area contributed by atoms with Gasteiger partial charge in [-0.1, -0.05) is 17.7 Å². The molecule has 0 aromatic heterocycles. The second kappa shape index (κ2) is 10.7. The molecule has 3 rings (SSSR count). The highest BCUT2D eigenvalue weighted by atomic mass is 35.5. The molecule has 0 unspecified atom stereocenters. The maximum Gasteiger partial charge on any atom is 0.255 e. The quantitative estimate of drug-likeness (QED) is 0.447. The van der Waals surface area contributed by atoms with Crippen molar-refractivity contribution in [3.63, 3.8) is 0 Å². The van der Waals surface area contributed by atoms with Crippen molar-refractivity contribution in [2.75, 3.05) is 30.6 Å². The zero-order chi connectivity index (χ0) is 22.2. The number of nitrogens with one attached hydrogen (secondary N) is 2. The Morgan fingerprint density at radius 1 is 0.871 bits per heavy atom. The van der Waals surface area contributed by atoms with Crippen molar-refractivity contribution in [1.29, 1.82) is 0 Å². The van der Waals surface area contributed by atoms with Crippen LogP contribution in [0.5, 0.6) is 11.5 Å². The second-order valence-corrected chi connectivity index (χ2v) is 7.91. The molecule has 0 fully saturated rings. The number of hydrogen-bond acceptors (Lipinski definition) is 5. The maximum atomic E-state index is 12.3. The van der Waals surface area contributed by atoms with Crippen LogP contribution in [0.3, 0.4) is 0 Å². The minimum Gasteiger partial charge on any atom is -0.497 e. The monoisotopic (exact) mass is 456 g/mol. The van der Waals surface area contributed by atoms with Crippen LogP contribution in [0.15, 0.2) is 71.6 Å². The van der Waals surface area contributed by atoms with Crippen LogP contribution in [-0.2, 0) is 4.79 Å². The van der Waals surface area contributed by atoms with Gasteiger partial charge in [-0.3, -0.25) is 9.59 Å². The summed E-state index contributed by atoms with van der Waals surface area (Å²) < 4.78 is 10.4. The van der Waals surface area contributed by atoms with Gasteiger partial charge in [0.05, 0.1) is 20.0 Å². The van der Waals surface area contributed by atoms with Crippen LogP contribution in [0, 0.1) is 0 Å². The lowest BCUT2D eigenvalue weighted by Gasteiger charge is -2.10. The van der Waals surface area contributed by atoms with Crippen LogP contribution in [-0.4, -0.2) is 31.8 Å². The molecule has 3 aromatic rings. The fourth-order valence-electron chi connectivity index (χ4n) is 2.69. The van der Waals surface area contributed by atoms with Crippen molar-refractivity contribution in [2.24, 2.45) is 0 Å². The van der Waals surface area contributed by atoms with Crippen LogP contribution in [0.25, 0.3) is 0 Å². The normalized spacial score (nSPS) is 10.3. The first-order valence-electron chi connectivity index (χ1n) is 9.29. The van der Waals surface area contributed by atoms with Crippen molar-refractivity contribution >= 4 is 46.6 Å². The number of ether oxygens (including phenoxy) is 2. The number of halogens is 1. The van der Waals surface area contributed by atoms with Gasteiger partial charge < -0.3 is 20.1 Å². The van der Waals surface area contributed by atoms with Gasteiger partial charge in [0.15, 0.2) is 0 Å². The van der Waals surface area contributed by atoms with E-state index in [4.69, 9.17) is 21.1 Å². The average Bonchev–Trinajstić information content (AvgIpc) is 2.78. The number of carbonyl (C=O) groups excluding carboxylic acids is 2. The Balaban J connectivity index is 1.53. The third kappa shape index (κ3) is 6.67. The standard InChI is InChI=1S/C23H21ClN2O4S/c1-29-19-11-18(12-20(13-19)30-2)25-22(27)14-31-21-8-6-17(7-9-21)26-23(28)15-4-3-5-16(24)10-15/h3-13H,14H2,1-2H3,(H,25,27)(H,26,28). The summed E-state index contributed by atoms with van der Waals surface area (Å²) in [6.45, 7) is 0. The molecule has 0 radical (unpaired) electrons. The lowest BCUT2D eigenvalue weighted by Crippen LogP contribution is -2.14. The Labute approximate surface area is 189 Å². The molecule has 2 N–H and O–H groups in total. The van der Waals surface area contributed by atoms with Crippen molar-refractivity contribution in [1.82, 2.24) is 0 Å². The third-order valence-electron chi connectivity index (χ3n) is 4.20. The fraction of sp³-hybridized carbons (Fsp3) is 0.130. The SMILES string of the molecule is COc1cc(NC(=O)CSc2ccc(NC(=O)c3cccc(Cl)c3)cc2)cc(OC)c1. The van der Waals surface area contributed by atoms with E-state index in [1.54, 1.807) is 68.8 Å². The number of amides is 2. The molecule has 160 valence electrons. The Bertz CT molecular complexity index is 1050. The van der Waals surface area contributed by atoms with E-state index in [1.807, 2.05) is 12.1 Å². The van der Waals surface area contributed by atoms with Gasteiger partial charge in [0, 0.05) is 45.1 Å². The number of thioether (sulfide) groups is 1. The first kappa shape index (κ1) is 22.5. The van der Waals surface area contributed by atoms with E-state index in [-0.39, 0.29) is 17.6 Å². The second-order valence-electron chi connectivity index (χ2n) is 6.43. The number of benzene rings is 3. The molecule has 0 aliphatic heterocycles. The highest BCUT2D eigenvalue weighted by Gasteiger charge is 2.09. The number of hydrogen-bond donors (Lipinski definition) is 2. The molecule has 2 amide bonds. The summed E-state index contributed by atoms with van der Waals surface area (Å²) in [7, 11) is 3.11. The topological polar surface area (TPSA) is 76.7 Å². The molecule has 0 saturated heterocycles. The molecule has 0 bridgehead atoms. The van der Waals surface area contributed by atoms with Gasteiger partial charge in [0.1, 0.15) is 11.5 Å². The first-order chi connectivity index (χ1) is 15.0. The number of carbonyl (C=O) groups is 2. The molecule has 8 heteroatoms. The first-order valence-corrected chi connectivity index (χ1v) is 10.7. The lowest BCUT2D eigenvalue weighted by atomic mass is 10.2. The molecule has 6 nitrogen and oxygen atoms in total. The lowest BCUT2D eigenvalue weighted by molar-refractivity contribution is -0.113. The molecule has 0 spiro atoms. The van der Waals surface area contributed by atoms with Gasteiger partial charge in [-0.15, -0.1) is 11.8 Å². The van der Waals surface area contributed by atoms with Crippen LogP contribution in [0.4, 0.5) is 11.4 Å². The zero-order valence-electron chi connectivity index (χ0n) is 17.0. The number of methoxy groups -OCH3 is 2. The van der Waals surface area contributed by atoms with Crippen molar-refractivity contribution in [2.45, 2.75) is 4.90 Å². The smallest absolute Gasteiger partial charge is 0.255 e. The van der Waals surface area contributed by atoms with Crippen LogP contribution < -0.4 is 20.1 Å². The summed E-state index contributed by atoms with van der Waals surface area (Å²) in [4.78, 5) is 25.5. The van der Waals surface area contributed by atoms with Crippen molar-refractivity contribution < 1.29 is 19.1 Å². The van der Waals surface area contributed by atoms with Crippen LogP contribution in [0.1, 0.15) is 10.4 Å². The predicted molar refractivity (Wildman–Crippen MR) is 125 cm³/mol. The molecule has 0 saturated carbocycles. The highest BCUT2D eigenvalue weighted by molar-refractivity contribution is 8.00. The summed E-state index contributed by atoms with van der Waals surface area (Å²) in [6.07, 6.45) is 0. The summed E-state index contributed by atoms with van der Waals surface area (Å²) in [5.41, 5.74) is 1.74. The molecule has 0 atom stereocenters. The molecule has 0 aliphatic carbocycles. The summed E-state index contributed by atoms with van der Waals surface area (Å²) in [5, 5.41) is 6.16. The number of rotatable bonds is 8. The van der Waals surface area contributed by atoms with Gasteiger partial charge in [0.25, 0.3) is 5.91 Å². The Morgan fingerprint density at radius 2 is 1.55 bits per heavy atom. The Morgan fingerprint density at radius 3 is 2.16 bits per heavy atom. The van der Waals surface area contributed by atoms with E-state index >= 15 is 0 Å². The highest BCUT2D eigenvalue weighted by Crippen LogP contribution is 2.26. The van der Waals surface area contributed by atoms with E-state index in [0.29, 0.717) is 33.5 Å². The minimum atomic E-state index is -0.240. The summed E-state index contributed by atoms with van der Waals surface area (Å²) >= 11 is 7.32. The van der Waals surface area contributed by atoms with Crippen LogP contribution in [0.2, 0.25) is 5.02 Å². The molecule has 3 aromatic carbocycles. The Kier molecular flexibility index (Phi) is 7.81. The zero-order valence-corrected chi connectivity index (χ0v) is 18.5. The van der Waals surface area contributed by atoms with Gasteiger partial charge in [0.2, 0.25) is 5.91 Å². The minimum absolute atomic E-state index is 0.154. The van der Waals surface area contributed by atoms with E-state index < -0.39 is 0 Å². The van der Waals surface area contributed by atoms with Crippen molar-refractivity contribution in [3.05, 3.63) is 77.3 Å². The Hall–Kier alpha value is -3.16. The molecule has 0 aliphatic rings. The molecule has 31 heavy (non-hydrogen) atoms. The van der Waals surface area contributed by atoms with Crippen LogP contribution >= 0.6 is 23.4 Å². The van der Waals surface area contributed by atoms with Gasteiger partial charge in [-0.25, -0.2) is 0 Å². The maximum absolute atomic E-state index is 12.3. The van der Waals surface area contributed by atoms with E-state index in [9.17, 15) is 9.59 Å². The summed E-state index contributed by atoms with van der Waals surface area (Å²) in [5.74, 6) is 1.03. The molecular formula is C23H21ClN2O4S. The third-order valence-corrected chi connectivity index (χ3v) is 5.45. The number of anilines is 2. The largest absolute Gasteiger partial charge is 0.497 e. The van der Waals surface area contributed by atoms with E-state index in [1.165, 1.54) is 11.8 Å². The predicted octanol–water partition coefficient (Wildman–Crippen LogP) is 5.34. The van der Waals surface area contributed by atoms with E-state index in [2.05, 4.69) is 10.6 Å². The van der Waals surface area contributed by atoms with Gasteiger partial charge in [-0.05, 0) is 42.5 Å². The molecule has 0 heterocycles. The summed E-state index contributed by atoms with van der Waals surface area (Å²) in [6, 6.07) is 19.2. The van der Waals surface area contributed by atoms with Crippen molar-refractivity contribution in [3.8, 4) is 11.5 Å². The van der Waals surface area contributed by atoms with Gasteiger partial charge in [-0.2, -0.15) is 0 Å².